The molecule has 1 N–H and O–H groups in total. The van der Waals surface area contributed by atoms with Gasteiger partial charge in [0, 0.05) is 12.3 Å². The van der Waals surface area contributed by atoms with Crippen LogP contribution in [0, 0.1) is 6.92 Å². The van der Waals surface area contributed by atoms with E-state index in [2.05, 4.69) is 14.9 Å². The van der Waals surface area contributed by atoms with Crippen LogP contribution in [0.15, 0.2) is 59.0 Å². The van der Waals surface area contributed by atoms with Gasteiger partial charge in [0.15, 0.2) is 5.76 Å². The van der Waals surface area contributed by atoms with Gasteiger partial charge in [-0.1, -0.05) is 18.2 Å². The van der Waals surface area contributed by atoms with Crippen molar-refractivity contribution in [3.63, 3.8) is 0 Å². The van der Waals surface area contributed by atoms with Crippen molar-refractivity contribution in [2.75, 3.05) is 31.2 Å². The predicted octanol–water partition coefficient (Wildman–Crippen LogP) is 4.21. The standard InChI is InChI=1S/C25H23N5O5S/c1-15-11-12-20(35-15)22-26-27-25(30(22)21-18(33-2)9-6-10-19(21)34-3)28-36-14-13-29-23(31)16-7-4-5-8-17(16)24(29)32/h4-12H,13-14H2,1-3H3,(H,27,28). The molecule has 36 heavy (non-hydrogen) atoms. The van der Waals surface area contributed by atoms with Crippen molar-refractivity contribution in [3.8, 4) is 28.8 Å². The molecule has 0 saturated carbocycles. The lowest BCUT2D eigenvalue weighted by Crippen LogP contribution is -2.32. The molecule has 1 aliphatic heterocycles. The smallest absolute Gasteiger partial charge is 0.261 e. The van der Waals surface area contributed by atoms with Crippen molar-refractivity contribution in [2.24, 2.45) is 0 Å². The quantitative estimate of drug-likeness (QED) is 0.203. The molecule has 184 valence electrons. The number of ether oxygens (including phenoxy) is 2. The van der Waals surface area contributed by atoms with Gasteiger partial charge in [0.2, 0.25) is 11.8 Å². The average Bonchev–Trinajstić information content (AvgIpc) is 3.58. The second kappa shape index (κ2) is 9.78. The number of aromatic nitrogens is 3. The number of aryl methyl sites for hydroxylation is 1. The van der Waals surface area contributed by atoms with Crippen LogP contribution in [0.3, 0.4) is 0 Å². The first-order valence-electron chi connectivity index (χ1n) is 11.1. The lowest BCUT2D eigenvalue weighted by atomic mass is 10.1. The fourth-order valence-electron chi connectivity index (χ4n) is 4.02. The molecular formula is C25H23N5O5S. The number of anilines is 1. The fourth-order valence-corrected chi connectivity index (χ4v) is 4.66. The van der Waals surface area contributed by atoms with Crippen molar-refractivity contribution in [1.82, 2.24) is 19.7 Å². The van der Waals surface area contributed by atoms with E-state index in [-0.39, 0.29) is 18.4 Å². The van der Waals surface area contributed by atoms with Crippen molar-refractivity contribution in [1.29, 1.82) is 0 Å². The molecule has 1 aliphatic rings. The third kappa shape index (κ3) is 4.07. The summed E-state index contributed by atoms with van der Waals surface area (Å²) in [6.07, 6.45) is 0. The first-order valence-corrected chi connectivity index (χ1v) is 12.1. The van der Waals surface area contributed by atoms with Crippen LogP contribution in [-0.4, -0.2) is 58.0 Å². The number of imide groups is 1. The molecule has 0 spiro atoms. The van der Waals surface area contributed by atoms with Crippen molar-refractivity contribution in [2.45, 2.75) is 6.92 Å². The second-order valence-electron chi connectivity index (χ2n) is 7.86. The van der Waals surface area contributed by atoms with Crippen LogP contribution in [0.2, 0.25) is 0 Å². The van der Waals surface area contributed by atoms with Gasteiger partial charge < -0.3 is 13.9 Å². The molecular weight excluding hydrogens is 482 g/mol. The molecule has 10 nitrogen and oxygen atoms in total. The SMILES string of the molecule is COc1cccc(OC)c1-n1c(NSCCN2C(=O)c3ccccc3C2=O)nnc1-c1ccc(C)o1. The van der Waals surface area contributed by atoms with Crippen molar-refractivity contribution >= 4 is 29.7 Å². The molecule has 4 aromatic rings. The number of amides is 2. The zero-order chi connectivity index (χ0) is 25.2. The Bertz CT molecular complexity index is 1390. The number of rotatable bonds is 9. The van der Waals surface area contributed by atoms with Crippen LogP contribution >= 0.6 is 11.9 Å². The lowest BCUT2D eigenvalue weighted by molar-refractivity contribution is 0.0664. The Kier molecular flexibility index (Phi) is 6.38. The monoisotopic (exact) mass is 505 g/mol. The Morgan fingerprint density at radius 2 is 1.58 bits per heavy atom. The summed E-state index contributed by atoms with van der Waals surface area (Å²) in [6.45, 7) is 2.09. The van der Waals surface area contributed by atoms with E-state index in [1.807, 2.05) is 37.3 Å². The Balaban J connectivity index is 1.40. The maximum atomic E-state index is 12.6. The highest BCUT2D eigenvalue weighted by Gasteiger charge is 2.34. The van der Waals surface area contributed by atoms with Gasteiger partial charge in [-0.15, -0.1) is 10.2 Å². The number of carbonyl (C=O) groups is 2. The van der Waals surface area contributed by atoms with E-state index in [1.54, 1.807) is 43.1 Å². The Hall–Kier alpha value is -4.25. The van der Waals surface area contributed by atoms with Gasteiger partial charge in [-0.25, -0.2) is 0 Å². The van der Waals surface area contributed by atoms with Crippen molar-refractivity contribution in [3.05, 3.63) is 71.5 Å². The third-order valence-corrected chi connectivity index (χ3v) is 6.42. The van der Waals surface area contributed by atoms with Crippen LogP contribution in [0.5, 0.6) is 11.5 Å². The third-order valence-electron chi connectivity index (χ3n) is 5.71. The number of furan rings is 1. The molecule has 11 heteroatoms. The number of nitrogens with one attached hydrogen (secondary N) is 1. The molecule has 3 heterocycles. The van der Waals surface area contributed by atoms with Crippen LogP contribution in [-0.2, 0) is 0 Å². The van der Waals surface area contributed by atoms with E-state index in [0.717, 1.165) is 5.76 Å². The first kappa shape index (κ1) is 23.5. The normalized spacial score (nSPS) is 12.7. The summed E-state index contributed by atoms with van der Waals surface area (Å²) >= 11 is 1.29. The second-order valence-corrected chi connectivity index (χ2v) is 8.76. The Labute approximate surface area is 211 Å². The summed E-state index contributed by atoms with van der Waals surface area (Å²) in [7, 11) is 3.15. The lowest BCUT2D eigenvalue weighted by Gasteiger charge is -2.17. The maximum absolute atomic E-state index is 12.6. The van der Waals surface area contributed by atoms with E-state index in [0.29, 0.717) is 51.6 Å². The molecule has 2 aromatic carbocycles. The summed E-state index contributed by atoms with van der Waals surface area (Å²) in [4.78, 5) is 26.5. The summed E-state index contributed by atoms with van der Waals surface area (Å²) < 4.78 is 22.0. The van der Waals surface area contributed by atoms with Crippen LogP contribution in [0.4, 0.5) is 5.95 Å². The predicted molar refractivity (Wildman–Crippen MR) is 135 cm³/mol. The Morgan fingerprint density at radius 3 is 2.17 bits per heavy atom. The Morgan fingerprint density at radius 1 is 0.917 bits per heavy atom. The molecule has 2 amide bonds. The number of methoxy groups -OCH3 is 2. The van der Waals surface area contributed by atoms with Gasteiger partial charge in [-0.2, -0.15) is 0 Å². The van der Waals surface area contributed by atoms with Gasteiger partial charge >= 0.3 is 0 Å². The molecule has 0 atom stereocenters. The first-order chi connectivity index (χ1) is 17.5. The van der Waals surface area contributed by atoms with Gasteiger partial charge in [0.05, 0.1) is 25.3 Å². The minimum atomic E-state index is -0.284. The minimum absolute atomic E-state index is 0.236. The number of fused-ring (bicyclic) bond motifs is 1. The van der Waals surface area contributed by atoms with Gasteiger partial charge in [-0.3, -0.25) is 23.8 Å². The molecule has 0 unspecified atom stereocenters. The van der Waals surface area contributed by atoms with E-state index >= 15 is 0 Å². The molecule has 0 bridgehead atoms. The van der Waals surface area contributed by atoms with Crippen LogP contribution in [0.1, 0.15) is 26.5 Å². The minimum Gasteiger partial charge on any atom is -0.494 e. The number of para-hydroxylation sites is 1. The topological polar surface area (TPSA) is 112 Å². The van der Waals surface area contributed by atoms with E-state index in [1.165, 1.54) is 16.8 Å². The summed E-state index contributed by atoms with van der Waals surface area (Å²) in [5.41, 5.74) is 1.46. The van der Waals surface area contributed by atoms with E-state index in [4.69, 9.17) is 13.9 Å². The van der Waals surface area contributed by atoms with Gasteiger partial charge in [0.1, 0.15) is 22.9 Å². The summed E-state index contributed by atoms with van der Waals surface area (Å²) in [5, 5.41) is 8.67. The molecule has 0 saturated heterocycles. The van der Waals surface area contributed by atoms with Gasteiger partial charge in [0.25, 0.3) is 11.8 Å². The molecule has 0 radical (unpaired) electrons. The fraction of sp³-hybridized carbons (Fsp3) is 0.200. The number of carbonyl (C=O) groups excluding carboxylic acids is 2. The van der Waals surface area contributed by atoms with Gasteiger partial charge in [-0.05, 0) is 55.3 Å². The number of hydrogen-bond donors (Lipinski definition) is 1. The summed E-state index contributed by atoms with van der Waals surface area (Å²) in [5.74, 6) is 3.08. The number of nitrogens with zero attached hydrogens (tertiary/aromatic N) is 4. The molecule has 0 aliphatic carbocycles. The molecule has 5 rings (SSSR count). The van der Waals surface area contributed by atoms with Crippen LogP contribution in [0.25, 0.3) is 17.3 Å². The number of hydrogen-bond acceptors (Lipinski definition) is 9. The van der Waals surface area contributed by atoms with E-state index in [9.17, 15) is 9.59 Å². The zero-order valence-corrected chi connectivity index (χ0v) is 20.7. The maximum Gasteiger partial charge on any atom is 0.261 e. The van der Waals surface area contributed by atoms with Crippen molar-refractivity contribution < 1.29 is 23.5 Å². The average molecular weight is 506 g/mol. The highest BCUT2D eigenvalue weighted by Crippen LogP contribution is 2.38. The number of benzene rings is 2. The van der Waals surface area contributed by atoms with Crippen LogP contribution < -0.4 is 14.2 Å². The molecule has 0 fully saturated rings. The largest absolute Gasteiger partial charge is 0.494 e. The molecule has 2 aromatic heterocycles. The highest BCUT2D eigenvalue weighted by atomic mass is 32.2. The summed E-state index contributed by atoms with van der Waals surface area (Å²) in [6, 6.07) is 16.0. The zero-order valence-electron chi connectivity index (χ0n) is 19.8. The highest BCUT2D eigenvalue weighted by molar-refractivity contribution is 8.00. The van der Waals surface area contributed by atoms with E-state index < -0.39 is 0 Å².